The summed E-state index contributed by atoms with van der Waals surface area (Å²) in [4.78, 5) is 84.5. The third-order valence-corrected chi connectivity index (χ3v) is 13.7. The van der Waals surface area contributed by atoms with Gasteiger partial charge >= 0.3 is 18.0 Å². The van der Waals surface area contributed by atoms with Crippen molar-refractivity contribution in [3.8, 4) is 0 Å². The highest BCUT2D eigenvalue weighted by Gasteiger charge is 2.78. The lowest BCUT2D eigenvalue weighted by molar-refractivity contribution is -0.343. The maximum Gasteiger partial charge on any atom is 0.408 e. The molecule has 58 heavy (non-hydrogen) atoms. The van der Waals surface area contributed by atoms with Crippen molar-refractivity contribution < 1.29 is 57.9 Å². The smallest absolute Gasteiger partial charge is 0.408 e. The maximum atomic E-state index is 15.0. The number of rotatable bonds is 9. The summed E-state index contributed by atoms with van der Waals surface area (Å²) >= 11 is 0. The Kier molecular flexibility index (Phi) is 11.4. The fourth-order valence-corrected chi connectivity index (χ4v) is 10.7. The molecule has 2 aromatic carbocycles. The van der Waals surface area contributed by atoms with E-state index >= 15 is 0 Å². The van der Waals surface area contributed by atoms with Gasteiger partial charge in [-0.2, -0.15) is 0 Å². The topological polar surface area (TPSA) is 192 Å². The Balaban J connectivity index is 1.46. The second kappa shape index (κ2) is 15.3. The van der Waals surface area contributed by atoms with Gasteiger partial charge in [0.15, 0.2) is 11.4 Å². The second-order valence-corrected chi connectivity index (χ2v) is 18.6. The van der Waals surface area contributed by atoms with E-state index in [0.717, 1.165) is 0 Å². The monoisotopic (exact) mass is 803 g/mol. The van der Waals surface area contributed by atoms with Crippen LogP contribution in [0.15, 0.2) is 60.7 Å². The van der Waals surface area contributed by atoms with Gasteiger partial charge in [-0.15, -0.1) is 0 Å². The van der Waals surface area contributed by atoms with E-state index < -0.39 is 111 Å². The van der Waals surface area contributed by atoms with Crippen LogP contribution in [-0.4, -0.2) is 87.3 Å². The van der Waals surface area contributed by atoms with E-state index in [1.807, 2.05) is 0 Å². The van der Waals surface area contributed by atoms with Crippen molar-refractivity contribution >= 4 is 35.4 Å². The van der Waals surface area contributed by atoms with Gasteiger partial charge in [0.25, 0.3) is 0 Å². The fraction of sp³-hybridized carbons (Fsp3) is 0.600. The summed E-state index contributed by atoms with van der Waals surface area (Å²) in [5.74, 6) is -9.23. The molecule has 2 unspecified atom stereocenters. The lowest BCUT2D eigenvalue weighted by atomic mass is 9.40. The first-order chi connectivity index (χ1) is 27.0. The van der Waals surface area contributed by atoms with Gasteiger partial charge < -0.3 is 34.5 Å². The number of esters is 2. The number of benzene rings is 2. The van der Waals surface area contributed by atoms with Gasteiger partial charge in [-0.05, 0) is 40.2 Å². The normalized spacial score (nSPS) is 35.0. The van der Waals surface area contributed by atoms with Crippen LogP contribution >= 0.6 is 0 Å². The lowest BCUT2D eigenvalue weighted by Gasteiger charge is -2.68. The molecule has 13 nitrogen and oxygen atoms in total. The first-order valence-corrected chi connectivity index (χ1v) is 20.1. The largest absolute Gasteiger partial charge is 0.462 e. The highest BCUT2D eigenvalue weighted by atomic mass is 16.6. The van der Waals surface area contributed by atoms with Gasteiger partial charge in [0, 0.05) is 60.8 Å². The molecular formula is C45H57NO12. The van der Waals surface area contributed by atoms with Gasteiger partial charge in [0.1, 0.15) is 17.8 Å². The number of fused-ring (bicyclic) bond motifs is 5. The van der Waals surface area contributed by atoms with Crippen molar-refractivity contribution in [3.05, 3.63) is 71.8 Å². The average molecular weight is 804 g/mol. The molecule has 6 rings (SSSR count). The number of carbonyl (C=O) groups excluding carboxylic acids is 6. The molecule has 4 aliphatic rings. The first-order valence-electron chi connectivity index (χ1n) is 20.1. The van der Waals surface area contributed by atoms with Crippen LogP contribution in [-0.2, 0) is 38.1 Å². The van der Waals surface area contributed by atoms with Gasteiger partial charge in [0.2, 0.25) is 11.6 Å². The summed E-state index contributed by atoms with van der Waals surface area (Å²) in [5.41, 5.74) is -6.87. The summed E-state index contributed by atoms with van der Waals surface area (Å²) in [6.45, 7) is 14.3. The van der Waals surface area contributed by atoms with Gasteiger partial charge in [0.05, 0.1) is 35.7 Å². The first kappa shape index (κ1) is 43.1. The summed E-state index contributed by atoms with van der Waals surface area (Å²) in [6.07, 6.45) is -5.05. The molecule has 13 heteroatoms. The SMILES string of the molecule is CC(=O)O[C@@]12CO[C@@H]1C[C@H](O)[C@@]1(C)C(=O)C(=O)C3C(C)[C@@H](OC(=O)[C@H](C)[C@@H](NC(=O)OC(C)(C)C)c4ccccc4)C[C@@](O)([C@@H](CC(=O)c4ccccc4)[C@H]21)C3(C)C. The molecule has 3 aliphatic carbocycles. The Morgan fingerprint density at radius 1 is 0.983 bits per heavy atom. The number of nitrogens with one attached hydrogen (secondary N) is 1. The minimum atomic E-state index is -2.05. The molecule has 1 amide bonds. The van der Waals surface area contributed by atoms with Crippen LogP contribution in [0.1, 0.15) is 104 Å². The predicted molar refractivity (Wildman–Crippen MR) is 209 cm³/mol. The maximum absolute atomic E-state index is 15.0. The molecule has 2 aromatic rings. The van der Waals surface area contributed by atoms with E-state index in [1.165, 1.54) is 13.8 Å². The number of hydrogen-bond donors (Lipinski definition) is 3. The van der Waals surface area contributed by atoms with Crippen LogP contribution in [0.5, 0.6) is 0 Å². The molecule has 1 aliphatic heterocycles. The minimum Gasteiger partial charge on any atom is -0.462 e. The van der Waals surface area contributed by atoms with Crippen molar-refractivity contribution in [1.29, 1.82) is 0 Å². The zero-order valence-corrected chi connectivity index (χ0v) is 34.8. The summed E-state index contributed by atoms with van der Waals surface area (Å²) in [6, 6.07) is 16.3. The number of aliphatic hydroxyl groups excluding tert-OH is 1. The molecule has 12 atom stereocenters. The lowest BCUT2D eigenvalue weighted by Crippen LogP contribution is -2.81. The average Bonchev–Trinajstić information content (AvgIpc) is 3.14. The van der Waals surface area contributed by atoms with Crippen molar-refractivity contribution in [2.75, 3.05) is 6.61 Å². The van der Waals surface area contributed by atoms with Crippen LogP contribution < -0.4 is 5.32 Å². The highest BCUT2D eigenvalue weighted by Crippen LogP contribution is 2.66. The molecule has 0 radical (unpaired) electrons. The molecule has 0 spiro atoms. The Morgan fingerprint density at radius 3 is 2.14 bits per heavy atom. The molecule has 3 saturated carbocycles. The fourth-order valence-electron chi connectivity index (χ4n) is 10.7. The molecule has 2 bridgehead atoms. The van der Waals surface area contributed by atoms with Crippen LogP contribution in [0.4, 0.5) is 4.79 Å². The van der Waals surface area contributed by atoms with Crippen LogP contribution in [0.25, 0.3) is 0 Å². The van der Waals surface area contributed by atoms with Crippen LogP contribution in [0.2, 0.25) is 0 Å². The van der Waals surface area contributed by atoms with E-state index in [0.29, 0.717) is 11.1 Å². The van der Waals surface area contributed by atoms with Crippen LogP contribution in [0.3, 0.4) is 0 Å². The van der Waals surface area contributed by atoms with E-state index in [1.54, 1.807) is 109 Å². The van der Waals surface area contributed by atoms with Crippen LogP contribution in [0, 0.1) is 40.4 Å². The molecule has 314 valence electrons. The number of ether oxygens (including phenoxy) is 4. The standard InChI is InChI=1S/C45H57NO12/c1-24-31(56-39(52)25(2)35(28-18-14-11-15-19-28)46-40(53)58-41(4,5)6)22-45(54)29(20-30(48)27-16-12-10-13-17-27)37-43(9,38(51)36(50)34(24)42(45,7)8)32(49)21-33-44(37,23-55-33)57-26(3)47/h10-19,24-25,29,31-35,37,49,54H,20-23H2,1-9H3,(H,46,53)/t24?,25-,29+,31+,32+,33-,34?,35-,37+,43-,44+,45-/m1/s1. The number of hydrogen-bond acceptors (Lipinski definition) is 12. The number of ketones is 3. The van der Waals surface area contributed by atoms with Gasteiger partial charge in [-0.1, -0.05) is 81.4 Å². The van der Waals surface area contributed by atoms with Crippen molar-refractivity contribution in [3.63, 3.8) is 0 Å². The quantitative estimate of drug-likeness (QED) is 0.128. The van der Waals surface area contributed by atoms with Gasteiger partial charge in [-0.3, -0.25) is 24.0 Å². The number of aliphatic hydroxyl groups is 2. The Hall–Kier alpha value is -4.46. The Bertz CT molecular complexity index is 1940. The van der Waals surface area contributed by atoms with Crippen molar-refractivity contribution in [2.24, 2.45) is 40.4 Å². The molecule has 1 saturated heterocycles. The molecule has 3 N–H and O–H groups in total. The molecule has 1 heterocycles. The molecular weight excluding hydrogens is 746 g/mol. The second-order valence-electron chi connectivity index (χ2n) is 18.6. The van der Waals surface area contributed by atoms with Crippen molar-refractivity contribution in [2.45, 2.75) is 123 Å². The Morgan fingerprint density at radius 2 is 1.59 bits per heavy atom. The van der Waals surface area contributed by atoms with E-state index in [2.05, 4.69) is 5.32 Å². The summed E-state index contributed by atoms with van der Waals surface area (Å²) in [5, 5.41) is 28.3. The third kappa shape index (κ3) is 7.17. The predicted octanol–water partition coefficient (Wildman–Crippen LogP) is 5.34. The summed E-state index contributed by atoms with van der Waals surface area (Å²) in [7, 11) is 0. The van der Waals surface area contributed by atoms with E-state index in [-0.39, 0.29) is 31.7 Å². The zero-order valence-electron chi connectivity index (χ0n) is 34.8. The summed E-state index contributed by atoms with van der Waals surface area (Å²) < 4.78 is 23.8. The number of Topliss-reactive ketones (excluding diaryl/α,β-unsaturated/α-hetero) is 3. The number of amides is 1. The zero-order chi connectivity index (χ0) is 42.7. The van der Waals surface area contributed by atoms with E-state index in [9.17, 15) is 39.0 Å². The molecule has 0 aromatic heterocycles. The minimum absolute atomic E-state index is 0.126. The number of carbonyl (C=O) groups is 6. The Labute approximate surface area is 339 Å². The number of alkyl carbamates (subject to hydrolysis) is 1. The third-order valence-electron chi connectivity index (χ3n) is 13.7. The molecule has 4 fully saturated rings. The van der Waals surface area contributed by atoms with Gasteiger partial charge in [-0.25, -0.2) is 4.79 Å². The highest BCUT2D eigenvalue weighted by molar-refractivity contribution is 6.40. The van der Waals surface area contributed by atoms with Crippen molar-refractivity contribution in [1.82, 2.24) is 5.32 Å². The van der Waals surface area contributed by atoms with E-state index in [4.69, 9.17) is 18.9 Å².